The van der Waals surface area contributed by atoms with Crippen LogP contribution in [0.2, 0.25) is 0 Å². The van der Waals surface area contributed by atoms with Crippen LogP contribution < -0.4 is 0 Å². The third-order valence-electron chi connectivity index (χ3n) is 3.11. The van der Waals surface area contributed by atoms with Crippen LogP contribution in [0.3, 0.4) is 0 Å². The highest BCUT2D eigenvalue weighted by Crippen LogP contribution is 2.24. The van der Waals surface area contributed by atoms with E-state index in [1.165, 1.54) is 38.5 Å². The largest absolute Gasteiger partial charge is 0.299 e. The van der Waals surface area contributed by atoms with Crippen LogP contribution in [0.4, 0.5) is 0 Å². The summed E-state index contributed by atoms with van der Waals surface area (Å²) in [5.74, 6) is 0.325. The van der Waals surface area contributed by atoms with Crippen molar-refractivity contribution in [2.24, 2.45) is 5.41 Å². The fraction of sp³-hybridized carbons (Fsp3) is 0.923. The summed E-state index contributed by atoms with van der Waals surface area (Å²) in [7, 11) is 0. The monoisotopic (exact) mass is 198 g/mol. The SMILES string of the molecule is CCCCCCCCC(C)(C)C(C)=O. The lowest BCUT2D eigenvalue weighted by Crippen LogP contribution is -2.20. The summed E-state index contributed by atoms with van der Waals surface area (Å²) in [5.41, 5.74) is -0.0925. The average molecular weight is 198 g/mol. The van der Waals surface area contributed by atoms with E-state index in [-0.39, 0.29) is 5.41 Å². The Kier molecular flexibility index (Phi) is 6.86. The number of hydrogen-bond acceptors (Lipinski definition) is 1. The molecule has 0 aliphatic carbocycles. The lowest BCUT2D eigenvalue weighted by molar-refractivity contribution is -0.125. The molecule has 0 unspecified atom stereocenters. The van der Waals surface area contributed by atoms with Crippen molar-refractivity contribution in [1.82, 2.24) is 0 Å². The molecule has 0 N–H and O–H groups in total. The highest BCUT2D eigenvalue weighted by atomic mass is 16.1. The first-order chi connectivity index (χ1) is 6.50. The lowest BCUT2D eigenvalue weighted by atomic mass is 9.83. The Hall–Kier alpha value is -0.330. The number of unbranched alkanes of at least 4 members (excludes halogenated alkanes) is 5. The molecule has 0 radical (unpaired) electrons. The Morgan fingerprint density at radius 1 is 1.00 bits per heavy atom. The van der Waals surface area contributed by atoms with Gasteiger partial charge in [0.05, 0.1) is 0 Å². The van der Waals surface area contributed by atoms with Crippen molar-refractivity contribution in [3.63, 3.8) is 0 Å². The summed E-state index contributed by atoms with van der Waals surface area (Å²) < 4.78 is 0. The second-order valence-electron chi connectivity index (χ2n) is 4.96. The van der Waals surface area contributed by atoms with Gasteiger partial charge in [-0.25, -0.2) is 0 Å². The van der Waals surface area contributed by atoms with Crippen molar-refractivity contribution >= 4 is 5.78 Å². The van der Waals surface area contributed by atoms with Gasteiger partial charge in [0.1, 0.15) is 5.78 Å². The van der Waals surface area contributed by atoms with Crippen LogP contribution in [-0.2, 0) is 4.79 Å². The first-order valence-corrected chi connectivity index (χ1v) is 6.01. The first-order valence-electron chi connectivity index (χ1n) is 6.01. The maximum Gasteiger partial charge on any atom is 0.135 e. The minimum Gasteiger partial charge on any atom is -0.299 e. The molecular weight excluding hydrogens is 172 g/mol. The molecule has 0 rings (SSSR count). The molecule has 1 heteroatoms. The molecule has 0 heterocycles. The Balaban J connectivity index is 3.40. The zero-order valence-corrected chi connectivity index (χ0v) is 10.4. The van der Waals surface area contributed by atoms with Gasteiger partial charge in [0.2, 0.25) is 0 Å². The minimum absolute atomic E-state index is 0.0925. The predicted octanol–water partition coefficient (Wildman–Crippen LogP) is 4.35. The van der Waals surface area contributed by atoms with Gasteiger partial charge in [0, 0.05) is 5.41 Å². The summed E-state index contributed by atoms with van der Waals surface area (Å²) >= 11 is 0. The number of rotatable bonds is 8. The molecule has 0 saturated carbocycles. The van der Waals surface area contributed by atoms with E-state index in [0.717, 1.165) is 6.42 Å². The van der Waals surface area contributed by atoms with Crippen molar-refractivity contribution in [3.05, 3.63) is 0 Å². The molecule has 1 nitrogen and oxygen atoms in total. The molecule has 0 aliphatic heterocycles. The molecule has 0 atom stereocenters. The number of carbonyl (C=O) groups is 1. The van der Waals surface area contributed by atoms with Gasteiger partial charge >= 0.3 is 0 Å². The maximum atomic E-state index is 11.2. The number of ketones is 1. The number of hydrogen-bond donors (Lipinski definition) is 0. The fourth-order valence-electron chi connectivity index (χ4n) is 1.52. The van der Waals surface area contributed by atoms with E-state index >= 15 is 0 Å². The van der Waals surface area contributed by atoms with E-state index < -0.39 is 0 Å². The normalized spacial score (nSPS) is 11.7. The molecule has 0 bridgehead atoms. The van der Waals surface area contributed by atoms with Crippen LogP contribution in [0.1, 0.15) is 72.6 Å². The fourth-order valence-corrected chi connectivity index (χ4v) is 1.52. The van der Waals surface area contributed by atoms with Crippen molar-refractivity contribution in [3.8, 4) is 0 Å². The van der Waals surface area contributed by atoms with Crippen LogP contribution in [0.15, 0.2) is 0 Å². The summed E-state index contributed by atoms with van der Waals surface area (Å²) in [5, 5.41) is 0. The topological polar surface area (TPSA) is 17.1 Å². The van der Waals surface area contributed by atoms with Crippen LogP contribution in [0.5, 0.6) is 0 Å². The van der Waals surface area contributed by atoms with E-state index in [9.17, 15) is 4.79 Å². The van der Waals surface area contributed by atoms with E-state index in [0.29, 0.717) is 5.78 Å². The van der Waals surface area contributed by atoms with Gasteiger partial charge in [-0.2, -0.15) is 0 Å². The zero-order valence-electron chi connectivity index (χ0n) is 10.4. The summed E-state index contributed by atoms with van der Waals surface area (Å²) in [4.78, 5) is 11.2. The van der Waals surface area contributed by atoms with Gasteiger partial charge < -0.3 is 0 Å². The number of carbonyl (C=O) groups excluding carboxylic acids is 1. The summed E-state index contributed by atoms with van der Waals surface area (Å²) in [6.07, 6.45) is 8.90. The predicted molar refractivity (Wildman–Crippen MR) is 62.5 cm³/mol. The van der Waals surface area contributed by atoms with E-state index in [4.69, 9.17) is 0 Å². The van der Waals surface area contributed by atoms with Crippen molar-refractivity contribution in [2.45, 2.75) is 72.6 Å². The van der Waals surface area contributed by atoms with Gasteiger partial charge in [-0.15, -0.1) is 0 Å². The van der Waals surface area contributed by atoms with Gasteiger partial charge in [-0.05, 0) is 13.3 Å². The Labute approximate surface area is 89.3 Å². The van der Waals surface area contributed by atoms with E-state index in [1.54, 1.807) is 6.92 Å². The standard InChI is InChI=1S/C13H26O/c1-5-6-7-8-9-10-11-13(3,4)12(2)14/h5-11H2,1-4H3. The van der Waals surface area contributed by atoms with Crippen molar-refractivity contribution in [2.75, 3.05) is 0 Å². The van der Waals surface area contributed by atoms with Gasteiger partial charge in [-0.1, -0.05) is 59.3 Å². The highest BCUT2D eigenvalue weighted by molar-refractivity contribution is 5.81. The molecule has 0 saturated heterocycles. The van der Waals surface area contributed by atoms with E-state index in [1.807, 2.05) is 0 Å². The highest BCUT2D eigenvalue weighted by Gasteiger charge is 2.22. The summed E-state index contributed by atoms with van der Waals surface area (Å²) in [6, 6.07) is 0. The quantitative estimate of drug-likeness (QED) is 0.530. The molecule has 0 aromatic heterocycles. The van der Waals surface area contributed by atoms with Crippen molar-refractivity contribution in [1.29, 1.82) is 0 Å². The molecule has 0 aromatic carbocycles. The molecule has 14 heavy (non-hydrogen) atoms. The smallest absolute Gasteiger partial charge is 0.135 e. The van der Waals surface area contributed by atoms with Crippen LogP contribution in [0.25, 0.3) is 0 Å². The second kappa shape index (κ2) is 7.03. The van der Waals surface area contributed by atoms with Crippen LogP contribution in [-0.4, -0.2) is 5.78 Å². The molecule has 0 aliphatic rings. The molecule has 84 valence electrons. The first kappa shape index (κ1) is 13.7. The van der Waals surface area contributed by atoms with Crippen molar-refractivity contribution < 1.29 is 4.79 Å². The molecule has 0 aromatic rings. The lowest BCUT2D eigenvalue weighted by Gasteiger charge is -2.20. The number of Topliss-reactive ketones (excluding diaryl/α,β-unsaturated/α-hetero) is 1. The van der Waals surface area contributed by atoms with Gasteiger partial charge in [0.25, 0.3) is 0 Å². The molecular formula is C13H26O. The molecule has 0 amide bonds. The van der Waals surface area contributed by atoms with Crippen LogP contribution in [0, 0.1) is 5.41 Å². The third kappa shape index (κ3) is 6.17. The average Bonchev–Trinajstić information content (AvgIpc) is 2.10. The molecule has 0 spiro atoms. The van der Waals surface area contributed by atoms with Gasteiger partial charge in [0.15, 0.2) is 0 Å². The zero-order chi connectivity index (χ0) is 11.0. The second-order valence-corrected chi connectivity index (χ2v) is 4.96. The minimum atomic E-state index is -0.0925. The summed E-state index contributed by atoms with van der Waals surface area (Å²) in [6.45, 7) is 8.05. The van der Waals surface area contributed by atoms with E-state index in [2.05, 4.69) is 20.8 Å². The molecule has 0 fully saturated rings. The Bertz CT molecular complexity index is 159. The van der Waals surface area contributed by atoms with Crippen LogP contribution >= 0.6 is 0 Å². The Morgan fingerprint density at radius 3 is 2.00 bits per heavy atom. The maximum absolute atomic E-state index is 11.2. The Morgan fingerprint density at radius 2 is 1.50 bits per heavy atom. The van der Waals surface area contributed by atoms with Gasteiger partial charge in [-0.3, -0.25) is 4.79 Å². The third-order valence-corrected chi connectivity index (χ3v) is 3.11.